The number of nitrogens with zero attached hydrogens (tertiary/aromatic N) is 2. The molecule has 2 saturated heterocycles. The lowest BCUT2D eigenvalue weighted by Gasteiger charge is -2.29. The first-order valence-corrected chi connectivity index (χ1v) is 9.22. The zero-order valence-electron chi connectivity index (χ0n) is 15.8. The Labute approximate surface area is 165 Å². The predicted octanol–water partition coefficient (Wildman–Crippen LogP) is 0.477. The van der Waals surface area contributed by atoms with Crippen molar-refractivity contribution >= 4 is 24.3 Å². The first-order chi connectivity index (χ1) is 12.6. The molecule has 8 nitrogen and oxygen atoms in total. The molecule has 2 N–H and O–H groups in total. The number of carbonyl (C=O) groups excluding carboxylic acids is 2. The van der Waals surface area contributed by atoms with Crippen molar-refractivity contribution in [2.24, 2.45) is 24.8 Å². The van der Waals surface area contributed by atoms with E-state index in [4.69, 9.17) is 9.47 Å². The van der Waals surface area contributed by atoms with Crippen molar-refractivity contribution < 1.29 is 19.1 Å². The highest BCUT2D eigenvalue weighted by atomic mass is 35.5. The lowest BCUT2D eigenvalue weighted by molar-refractivity contribution is -0.148. The highest BCUT2D eigenvalue weighted by Gasteiger charge is 2.36. The van der Waals surface area contributed by atoms with E-state index in [1.54, 1.807) is 4.68 Å². The van der Waals surface area contributed by atoms with Gasteiger partial charge in [0.1, 0.15) is 0 Å². The fraction of sp³-hybridized carbons (Fsp3) is 0.722. The highest BCUT2D eigenvalue weighted by molar-refractivity contribution is 5.85. The number of aromatic nitrogens is 2. The molecule has 3 rings (SSSR count). The predicted molar refractivity (Wildman–Crippen MR) is 102 cm³/mol. The summed E-state index contributed by atoms with van der Waals surface area (Å²) in [4.78, 5) is 25.0. The van der Waals surface area contributed by atoms with E-state index in [0.717, 1.165) is 24.9 Å². The molecule has 2 aliphatic rings. The Hall–Kier alpha value is -1.64. The average Bonchev–Trinajstić information content (AvgIpc) is 3.31. The number of esters is 1. The van der Waals surface area contributed by atoms with Gasteiger partial charge in [-0.15, -0.1) is 12.4 Å². The zero-order chi connectivity index (χ0) is 18.5. The molecule has 2 fully saturated rings. The maximum atomic E-state index is 12.8. The van der Waals surface area contributed by atoms with E-state index < -0.39 is 0 Å². The maximum Gasteiger partial charge on any atom is 0.310 e. The Balaban J connectivity index is 0.00000261. The molecule has 1 amide bonds. The summed E-state index contributed by atoms with van der Waals surface area (Å²) < 4.78 is 12.1. The van der Waals surface area contributed by atoms with Crippen LogP contribution < -0.4 is 10.6 Å². The molecule has 1 unspecified atom stereocenters. The lowest BCUT2D eigenvalue weighted by atomic mass is 9.85. The Morgan fingerprint density at radius 1 is 1.41 bits per heavy atom. The quantitative estimate of drug-likeness (QED) is 0.674. The normalized spacial score (nSPS) is 24.1. The van der Waals surface area contributed by atoms with Crippen LogP contribution in [0.3, 0.4) is 0 Å². The van der Waals surface area contributed by atoms with Crippen LogP contribution in [0, 0.1) is 17.8 Å². The summed E-state index contributed by atoms with van der Waals surface area (Å²) >= 11 is 0. The third-order valence-corrected chi connectivity index (χ3v) is 5.54. The van der Waals surface area contributed by atoms with E-state index in [-0.39, 0.29) is 48.0 Å². The molecule has 0 aliphatic carbocycles. The molecule has 3 atom stereocenters. The summed E-state index contributed by atoms with van der Waals surface area (Å²) in [6.45, 7) is 3.01. The van der Waals surface area contributed by atoms with Gasteiger partial charge in [-0.1, -0.05) is 0 Å². The smallest absolute Gasteiger partial charge is 0.310 e. The van der Waals surface area contributed by atoms with Crippen LogP contribution in [0.4, 0.5) is 0 Å². The van der Waals surface area contributed by atoms with Crippen LogP contribution in [0.1, 0.15) is 24.3 Å². The Bertz CT molecular complexity index is 633. The van der Waals surface area contributed by atoms with Gasteiger partial charge in [0.25, 0.3) is 0 Å². The lowest BCUT2D eigenvalue weighted by Crippen LogP contribution is -2.42. The number of nitrogens with one attached hydrogen (secondary N) is 2. The molecule has 0 radical (unpaired) electrons. The van der Waals surface area contributed by atoms with Crippen LogP contribution in [0.2, 0.25) is 0 Å². The second-order valence-corrected chi connectivity index (χ2v) is 7.14. The molecule has 9 heteroatoms. The number of methoxy groups -OCH3 is 1. The van der Waals surface area contributed by atoms with Crippen LogP contribution in [0.25, 0.3) is 0 Å². The van der Waals surface area contributed by atoms with Crippen molar-refractivity contribution in [1.29, 1.82) is 0 Å². The SMILES string of the molecule is COC(=O)C(CNC(=O)[C@H]1CNC[C@@H]1c1cnn(C)c1)C1CCOCC1.Cl. The molecule has 0 saturated carbocycles. The zero-order valence-corrected chi connectivity index (χ0v) is 16.7. The maximum absolute atomic E-state index is 12.8. The summed E-state index contributed by atoms with van der Waals surface area (Å²) in [5.74, 6) is -0.475. The van der Waals surface area contributed by atoms with Gasteiger partial charge in [0.05, 0.1) is 25.1 Å². The summed E-state index contributed by atoms with van der Waals surface area (Å²) in [7, 11) is 3.27. The van der Waals surface area contributed by atoms with Crippen LogP contribution >= 0.6 is 12.4 Å². The van der Waals surface area contributed by atoms with Gasteiger partial charge in [-0.3, -0.25) is 14.3 Å². The van der Waals surface area contributed by atoms with E-state index in [1.165, 1.54) is 7.11 Å². The second kappa shape index (κ2) is 10.1. The van der Waals surface area contributed by atoms with E-state index in [0.29, 0.717) is 26.3 Å². The number of rotatable bonds is 6. The number of aryl methyl sites for hydroxylation is 1. The van der Waals surface area contributed by atoms with Crippen molar-refractivity contribution in [3.63, 3.8) is 0 Å². The van der Waals surface area contributed by atoms with Crippen LogP contribution in [-0.4, -0.2) is 61.6 Å². The summed E-state index contributed by atoms with van der Waals surface area (Å²) in [6, 6.07) is 0. The molecule has 1 aromatic heterocycles. The van der Waals surface area contributed by atoms with Crippen LogP contribution in [0.15, 0.2) is 12.4 Å². The Kier molecular flexibility index (Phi) is 8.07. The fourth-order valence-corrected chi connectivity index (χ4v) is 3.99. The van der Waals surface area contributed by atoms with Crippen molar-refractivity contribution in [2.45, 2.75) is 18.8 Å². The standard InChI is InChI=1S/C18H28N4O4.ClH/c1-22-11-13(7-21-22)14-8-19-9-16(14)17(23)20-10-15(18(24)25-2)12-3-5-26-6-4-12;/h7,11-12,14-16,19H,3-6,8-10H2,1-2H3,(H,20,23);1H/t14-,15?,16+;/m1./s1. The molecule has 0 aromatic carbocycles. The van der Waals surface area contributed by atoms with Crippen molar-refractivity contribution in [3.05, 3.63) is 18.0 Å². The molecule has 152 valence electrons. The molecule has 2 aliphatic heterocycles. The van der Waals surface area contributed by atoms with Crippen molar-refractivity contribution in [1.82, 2.24) is 20.4 Å². The third kappa shape index (κ3) is 5.21. The topological polar surface area (TPSA) is 94.5 Å². The largest absolute Gasteiger partial charge is 0.469 e. The van der Waals surface area contributed by atoms with E-state index in [2.05, 4.69) is 15.7 Å². The number of hydrogen-bond donors (Lipinski definition) is 2. The molecule has 0 spiro atoms. The number of halogens is 1. The fourth-order valence-electron chi connectivity index (χ4n) is 3.99. The highest BCUT2D eigenvalue weighted by Crippen LogP contribution is 2.29. The van der Waals surface area contributed by atoms with Gasteiger partial charge in [-0.2, -0.15) is 5.10 Å². The van der Waals surface area contributed by atoms with Crippen molar-refractivity contribution in [2.75, 3.05) is 40.0 Å². The Morgan fingerprint density at radius 3 is 2.78 bits per heavy atom. The van der Waals surface area contributed by atoms with Gasteiger partial charge in [-0.25, -0.2) is 0 Å². The monoisotopic (exact) mass is 400 g/mol. The second-order valence-electron chi connectivity index (χ2n) is 7.14. The number of amides is 1. The summed E-state index contributed by atoms with van der Waals surface area (Å²) in [5, 5.41) is 10.5. The number of carbonyl (C=O) groups is 2. The van der Waals surface area contributed by atoms with Gasteiger partial charge in [0, 0.05) is 52.0 Å². The molecule has 27 heavy (non-hydrogen) atoms. The third-order valence-electron chi connectivity index (χ3n) is 5.54. The first-order valence-electron chi connectivity index (χ1n) is 9.22. The molecular weight excluding hydrogens is 372 g/mol. The molecule has 0 bridgehead atoms. The van der Waals surface area contributed by atoms with Gasteiger partial charge < -0.3 is 20.1 Å². The average molecular weight is 401 g/mol. The minimum absolute atomic E-state index is 0. The molecule has 3 heterocycles. The first kappa shape index (κ1) is 21.7. The van der Waals surface area contributed by atoms with E-state index in [9.17, 15) is 9.59 Å². The minimum atomic E-state index is -0.320. The van der Waals surface area contributed by atoms with E-state index in [1.807, 2.05) is 19.4 Å². The van der Waals surface area contributed by atoms with Gasteiger partial charge in [0.15, 0.2) is 0 Å². The summed E-state index contributed by atoms with van der Waals surface area (Å²) in [5.41, 5.74) is 1.06. The van der Waals surface area contributed by atoms with Crippen LogP contribution in [-0.2, 0) is 26.1 Å². The van der Waals surface area contributed by atoms with Gasteiger partial charge >= 0.3 is 5.97 Å². The summed E-state index contributed by atoms with van der Waals surface area (Å²) in [6.07, 6.45) is 5.41. The van der Waals surface area contributed by atoms with Crippen molar-refractivity contribution in [3.8, 4) is 0 Å². The van der Waals surface area contributed by atoms with Crippen LogP contribution in [0.5, 0.6) is 0 Å². The van der Waals surface area contributed by atoms with Gasteiger partial charge in [0.2, 0.25) is 5.91 Å². The molecule has 1 aromatic rings. The Morgan fingerprint density at radius 2 is 2.15 bits per heavy atom. The minimum Gasteiger partial charge on any atom is -0.469 e. The number of ether oxygens (including phenoxy) is 2. The molecular formula is C18H29ClN4O4. The van der Waals surface area contributed by atoms with Gasteiger partial charge in [-0.05, 0) is 24.3 Å². The van der Waals surface area contributed by atoms with E-state index >= 15 is 0 Å². The number of hydrogen-bond acceptors (Lipinski definition) is 6.